The van der Waals surface area contributed by atoms with Gasteiger partial charge in [0.15, 0.2) is 5.58 Å². The minimum atomic E-state index is 0.654. The van der Waals surface area contributed by atoms with Crippen molar-refractivity contribution in [1.29, 1.82) is 0 Å². The maximum atomic E-state index is 5.93. The fourth-order valence-corrected chi connectivity index (χ4v) is 2.05. The van der Waals surface area contributed by atoms with Gasteiger partial charge in [-0.2, -0.15) is 0 Å². The van der Waals surface area contributed by atoms with Crippen molar-refractivity contribution in [2.24, 2.45) is 0 Å². The molecule has 3 heteroatoms. The summed E-state index contributed by atoms with van der Waals surface area (Å²) in [4.78, 5) is 0. The Bertz CT molecular complexity index is 433. The lowest BCUT2D eigenvalue weighted by Crippen LogP contribution is -1.72. The molecule has 0 amide bonds. The summed E-state index contributed by atoms with van der Waals surface area (Å²) in [5.74, 6) is 0. The van der Waals surface area contributed by atoms with E-state index in [1.807, 2.05) is 19.1 Å². The van der Waals surface area contributed by atoms with Gasteiger partial charge >= 0.3 is 0 Å². The molecule has 1 aromatic heterocycles. The largest absolute Gasteiger partial charge is 0.462 e. The van der Waals surface area contributed by atoms with E-state index in [-0.39, 0.29) is 0 Å². The van der Waals surface area contributed by atoms with Gasteiger partial charge in [0.1, 0.15) is 0 Å². The molecule has 2 rings (SSSR count). The van der Waals surface area contributed by atoms with E-state index >= 15 is 0 Å². The topological polar surface area (TPSA) is 13.1 Å². The highest BCUT2D eigenvalue weighted by atomic mass is 79.9. The van der Waals surface area contributed by atoms with Gasteiger partial charge in [-0.3, -0.25) is 0 Å². The molecule has 1 heterocycles. The molecule has 0 atom stereocenters. The standard InChI is InChI=1S/C9H6BrClO/c1-5-4-12-9-7(11)3-2-6(10)8(5)9/h2-4H,1H3. The Morgan fingerprint density at radius 3 is 2.83 bits per heavy atom. The highest BCUT2D eigenvalue weighted by molar-refractivity contribution is 9.10. The second kappa shape index (κ2) is 2.79. The summed E-state index contributed by atoms with van der Waals surface area (Å²) in [6.45, 7) is 1.99. The first-order valence-corrected chi connectivity index (χ1v) is 4.69. The maximum Gasteiger partial charge on any atom is 0.153 e. The average Bonchev–Trinajstić information content (AvgIpc) is 2.42. The van der Waals surface area contributed by atoms with Crippen LogP contribution in [0.15, 0.2) is 27.3 Å². The van der Waals surface area contributed by atoms with Crippen LogP contribution in [0.4, 0.5) is 0 Å². The summed E-state index contributed by atoms with van der Waals surface area (Å²) in [5, 5.41) is 1.71. The van der Waals surface area contributed by atoms with Crippen molar-refractivity contribution in [1.82, 2.24) is 0 Å². The molecule has 1 nitrogen and oxygen atoms in total. The van der Waals surface area contributed by atoms with Gasteiger partial charge in [-0.1, -0.05) is 27.5 Å². The third-order valence-corrected chi connectivity index (χ3v) is 2.77. The molecule has 0 aliphatic rings. The Morgan fingerprint density at radius 2 is 2.17 bits per heavy atom. The van der Waals surface area contributed by atoms with Crippen molar-refractivity contribution >= 4 is 38.5 Å². The zero-order valence-electron chi connectivity index (χ0n) is 6.40. The lowest BCUT2D eigenvalue weighted by Gasteiger charge is -1.95. The minimum absolute atomic E-state index is 0.654. The van der Waals surface area contributed by atoms with Crippen molar-refractivity contribution < 1.29 is 4.42 Å². The number of benzene rings is 1. The van der Waals surface area contributed by atoms with E-state index in [9.17, 15) is 0 Å². The highest BCUT2D eigenvalue weighted by Crippen LogP contribution is 2.33. The molecule has 0 saturated heterocycles. The predicted octanol–water partition coefficient (Wildman–Crippen LogP) is 4.16. The van der Waals surface area contributed by atoms with Crippen molar-refractivity contribution in [3.63, 3.8) is 0 Å². The Kier molecular flexibility index (Phi) is 1.89. The molecule has 0 spiro atoms. The molecule has 0 fully saturated rings. The maximum absolute atomic E-state index is 5.93. The van der Waals surface area contributed by atoms with Gasteiger partial charge in [-0.05, 0) is 24.6 Å². The van der Waals surface area contributed by atoms with Crippen LogP contribution in [0.2, 0.25) is 5.02 Å². The number of hydrogen-bond acceptors (Lipinski definition) is 1. The van der Waals surface area contributed by atoms with Gasteiger partial charge in [0.2, 0.25) is 0 Å². The normalized spacial score (nSPS) is 10.9. The van der Waals surface area contributed by atoms with Crippen LogP contribution in [-0.2, 0) is 0 Å². The molecule has 1 aromatic carbocycles. The van der Waals surface area contributed by atoms with Crippen molar-refractivity contribution in [3.8, 4) is 0 Å². The van der Waals surface area contributed by atoms with Gasteiger partial charge < -0.3 is 4.42 Å². The number of furan rings is 1. The van der Waals surface area contributed by atoms with Crippen LogP contribution in [0, 0.1) is 6.92 Å². The summed E-state index contributed by atoms with van der Waals surface area (Å²) in [6, 6.07) is 3.74. The van der Waals surface area contributed by atoms with Crippen LogP contribution in [-0.4, -0.2) is 0 Å². The summed E-state index contributed by atoms with van der Waals surface area (Å²) in [5.41, 5.74) is 1.85. The number of rotatable bonds is 0. The van der Waals surface area contributed by atoms with Gasteiger partial charge in [-0.15, -0.1) is 0 Å². The number of hydrogen-bond donors (Lipinski definition) is 0. The van der Waals surface area contributed by atoms with Gasteiger partial charge in [-0.25, -0.2) is 0 Å². The zero-order valence-corrected chi connectivity index (χ0v) is 8.74. The van der Waals surface area contributed by atoms with Crippen molar-refractivity contribution in [3.05, 3.63) is 33.5 Å². The fraction of sp³-hybridized carbons (Fsp3) is 0.111. The van der Waals surface area contributed by atoms with E-state index in [1.165, 1.54) is 0 Å². The van der Waals surface area contributed by atoms with E-state index in [4.69, 9.17) is 16.0 Å². The summed E-state index contributed by atoms with van der Waals surface area (Å²) >= 11 is 9.37. The van der Waals surface area contributed by atoms with E-state index in [2.05, 4.69) is 15.9 Å². The van der Waals surface area contributed by atoms with Crippen LogP contribution >= 0.6 is 27.5 Å². The molecule has 2 aromatic rings. The molecular weight excluding hydrogens is 239 g/mol. The van der Waals surface area contributed by atoms with Crippen LogP contribution in [0.3, 0.4) is 0 Å². The number of fused-ring (bicyclic) bond motifs is 1. The Hall–Kier alpha value is -0.470. The van der Waals surface area contributed by atoms with Crippen LogP contribution in [0.1, 0.15) is 5.56 Å². The number of halogens is 2. The number of aryl methyl sites for hydroxylation is 1. The molecule has 0 saturated carbocycles. The van der Waals surface area contributed by atoms with Crippen molar-refractivity contribution in [2.45, 2.75) is 6.92 Å². The van der Waals surface area contributed by atoms with Gasteiger partial charge in [0.05, 0.1) is 11.3 Å². The first-order valence-electron chi connectivity index (χ1n) is 3.52. The first-order chi connectivity index (χ1) is 5.70. The molecule has 0 aliphatic heterocycles. The molecular formula is C9H6BrClO. The first kappa shape index (κ1) is 8.14. The molecule has 62 valence electrons. The van der Waals surface area contributed by atoms with Gasteiger partial charge in [0, 0.05) is 9.86 Å². The summed E-state index contributed by atoms with van der Waals surface area (Å²) in [6.07, 6.45) is 1.71. The van der Waals surface area contributed by atoms with E-state index in [0.29, 0.717) is 5.02 Å². The Morgan fingerprint density at radius 1 is 1.42 bits per heavy atom. The molecule has 0 radical (unpaired) electrons. The van der Waals surface area contributed by atoms with Crippen molar-refractivity contribution in [2.75, 3.05) is 0 Å². The van der Waals surface area contributed by atoms with E-state index in [0.717, 1.165) is 21.0 Å². The van der Waals surface area contributed by atoms with Crippen LogP contribution in [0.25, 0.3) is 11.0 Å². The lowest BCUT2D eigenvalue weighted by molar-refractivity contribution is 0.613. The monoisotopic (exact) mass is 244 g/mol. The third-order valence-electron chi connectivity index (χ3n) is 1.81. The molecule has 12 heavy (non-hydrogen) atoms. The van der Waals surface area contributed by atoms with Crippen LogP contribution in [0.5, 0.6) is 0 Å². The smallest absolute Gasteiger partial charge is 0.153 e. The van der Waals surface area contributed by atoms with Crippen LogP contribution < -0.4 is 0 Å². The fourth-order valence-electron chi connectivity index (χ4n) is 1.22. The zero-order chi connectivity index (χ0) is 8.72. The Labute approximate surface area is 83.4 Å². The molecule has 0 aliphatic carbocycles. The summed E-state index contributed by atoms with van der Waals surface area (Å²) < 4.78 is 6.32. The SMILES string of the molecule is Cc1coc2c(Cl)ccc(Br)c12. The molecule has 0 N–H and O–H groups in total. The lowest BCUT2D eigenvalue weighted by atomic mass is 10.2. The highest BCUT2D eigenvalue weighted by Gasteiger charge is 2.08. The quantitative estimate of drug-likeness (QED) is 0.679. The second-order valence-electron chi connectivity index (χ2n) is 2.65. The average molecular weight is 246 g/mol. The predicted molar refractivity (Wildman–Crippen MR) is 53.7 cm³/mol. The van der Waals surface area contributed by atoms with Gasteiger partial charge in [0.25, 0.3) is 0 Å². The minimum Gasteiger partial charge on any atom is -0.462 e. The Balaban J connectivity index is 2.98. The van der Waals surface area contributed by atoms with E-state index < -0.39 is 0 Å². The molecule has 0 bridgehead atoms. The second-order valence-corrected chi connectivity index (χ2v) is 3.91. The summed E-state index contributed by atoms with van der Waals surface area (Å²) in [7, 11) is 0. The third kappa shape index (κ3) is 1.06. The van der Waals surface area contributed by atoms with E-state index in [1.54, 1.807) is 6.26 Å². The molecule has 0 unspecified atom stereocenters.